The van der Waals surface area contributed by atoms with Crippen molar-refractivity contribution < 1.29 is 38.0 Å². The van der Waals surface area contributed by atoms with Crippen molar-refractivity contribution in [2.24, 2.45) is 0 Å². The number of aromatic hydroxyl groups is 2. The Morgan fingerprint density at radius 3 is 1.23 bits per heavy atom. The molecular formula is C22H18O8. The van der Waals surface area contributed by atoms with E-state index in [1.54, 1.807) is 24.3 Å². The lowest BCUT2D eigenvalue weighted by molar-refractivity contribution is 0.355. The molecule has 0 atom stereocenters. The van der Waals surface area contributed by atoms with Crippen molar-refractivity contribution in [2.75, 3.05) is 28.4 Å². The van der Waals surface area contributed by atoms with Crippen LogP contribution in [0, 0.1) is 0 Å². The number of ether oxygens (including phenoxy) is 4. The topological polar surface area (TPSA) is 104 Å². The fourth-order valence-corrected chi connectivity index (χ4v) is 3.88. The molecule has 0 fully saturated rings. The van der Waals surface area contributed by atoms with E-state index >= 15 is 0 Å². The van der Waals surface area contributed by atoms with E-state index in [0.29, 0.717) is 55.7 Å². The highest BCUT2D eigenvalue weighted by Gasteiger charge is 2.26. The van der Waals surface area contributed by atoms with Gasteiger partial charge in [0.25, 0.3) is 0 Å². The average molecular weight is 410 g/mol. The smallest absolute Gasteiger partial charge is 0.181 e. The molecule has 0 amide bonds. The van der Waals surface area contributed by atoms with Crippen LogP contribution in [0.2, 0.25) is 0 Å². The number of benzene rings is 3. The number of hydrogen-bond donors (Lipinski definition) is 2. The summed E-state index contributed by atoms with van der Waals surface area (Å²) in [5.41, 5.74) is 1.10. The molecule has 8 heteroatoms. The second-order valence-electron chi connectivity index (χ2n) is 6.72. The minimum absolute atomic E-state index is 0.128. The summed E-state index contributed by atoms with van der Waals surface area (Å²) in [6.07, 6.45) is 0. The largest absolute Gasteiger partial charge is 0.504 e. The monoisotopic (exact) mass is 410 g/mol. The van der Waals surface area contributed by atoms with Crippen LogP contribution in [0.3, 0.4) is 0 Å². The maximum Gasteiger partial charge on any atom is 0.181 e. The molecule has 2 heterocycles. The van der Waals surface area contributed by atoms with Gasteiger partial charge in [0.15, 0.2) is 45.7 Å². The first-order valence-corrected chi connectivity index (χ1v) is 9.02. The van der Waals surface area contributed by atoms with Crippen molar-refractivity contribution in [1.82, 2.24) is 0 Å². The van der Waals surface area contributed by atoms with Crippen LogP contribution < -0.4 is 18.9 Å². The van der Waals surface area contributed by atoms with Crippen molar-refractivity contribution in [3.63, 3.8) is 0 Å². The summed E-state index contributed by atoms with van der Waals surface area (Å²) in [6.45, 7) is 0. The molecule has 0 aliphatic rings. The minimum Gasteiger partial charge on any atom is -0.504 e. The third kappa shape index (κ3) is 2.21. The highest BCUT2D eigenvalue weighted by Crippen LogP contribution is 2.51. The quantitative estimate of drug-likeness (QED) is 0.402. The molecule has 30 heavy (non-hydrogen) atoms. The van der Waals surface area contributed by atoms with Crippen LogP contribution in [0.15, 0.2) is 33.1 Å². The molecule has 5 aromatic rings. The standard InChI is InChI=1S/C22H18O8/c1-25-13-5-9-11(7-15(13)27-3)29-21-17(9)19(23)22-18(20(21)24)10-6-14(26-2)16(28-4)8-12(10)30-22/h5-8,23-24H,1-4H3. The molecule has 2 N–H and O–H groups in total. The van der Waals surface area contributed by atoms with Crippen molar-refractivity contribution in [1.29, 1.82) is 0 Å². The van der Waals surface area contributed by atoms with Crippen LogP contribution in [0.5, 0.6) is 34.5 Å². The van der Waals surface area contributed by atoms with E-state index in [1.165, 1.54) is 28.4 Å². The Kier molecular flexibility index (Phi) is 3.79. The molecule has 0 radical (unpaired) electrons. The summed E-state index contributed by atoms with van der Waals surface area (Å²) in [6, 6.07) is 6.64. The third-order valence-electron chi connectivity index (χ3n) is 5.29. The fourth-order valence-electron chi connectivity index (χ4n) is 3.88. The van der Waals surface area contributed by atoms with Crippen molar-refractivity contribution >= 4 is 43.9 Å². The second-order valence-corrected chi connectivity index (χ2v) is 6.72. The zero-order valence-corrected chi connectivity index (χ0v) is 16.7. The lowest BCUT2D eigenvalue weighted by atomic mass is 10.1. The molecule has 0 aliphatic carbocycles. The maximum absolute atomic E-state index is 11.1. The molecule has 0 saturated carbocycles. The summed E-state index contributed by atoms with van der Waals surface area (Å²) in [5.74, 6) is 1.55. The van der Waals surface area contributed by atoms with Gasteiger partial charge < -0.3 is 38.0 Å². The number of methoxy groups -OCH3 is 4. The molecule has 154 valence electrons. The number of rotatable bonds is 4. The van der Waals surface area contributed by atoms with E-state index in [-0.39, 0.29) is 22.7 Å². The Labute approximate surface area is 169 Å². The molecule has 3 aromatic carbocycles. The van der Waals surface area contributed by atoms with Crippen LogP contribution >= 0.6 is 0 Å². The van der Waals surface area contributed by atoms with E-state index in [2.05, 4.69) is 0 Å². The fraction of sp³-hybridized carbons (Fsp3) is 0.182. The van der Waals surface area contributed by atoms with E-state index in [9.17, 15) is 10.2 Å². The van der Waals surface area contributed by atoms with E-state index in [4.69, 9.17) is 27.8 Å². The number of phenolic OH excluding ortho intramolecular Hbond substituents is 2. The molecule has 5 rings (SSSR count). The van der Waals surface area contributed by atoms with E-state index in [1.807, 2.05) is 0 Å². The van der Waals surface area contributed by atoms with Gasteiger partial charge in [-0.15, -0.1) is 0 Å². The van der Waals surface area contributed by atoms with Gasteiger partial charge in [-0.2, -0.15) is 0 Å². The first kappa shape index (κ1) is 18.1. The Morgan fingerprint density at radius 1 is 0.567 bits per heavy atom. The summed E-state index contributed by atoms with van der Waals surface area (Å²) in [7, 11) is 6.06. The Balaban J connectivity index is 1.95. The highest BCUT2D eigenvalue weighted by molar-refractivity contribution is 6.23. The van der Waals surface area contributed by atoms with Crippen molar-refractivity contribution in [3.8, 4) is 34.5 Å². The lowest BCUT2D eigenvalue weighted by Crippen LogP contribution is -1.89. The molecule has 0 saturated heterocycles. The first-order chi connectivity index (χ1) is 14.5. The van der Waals surface area contributed by atoms with Gasteiger partial charge in [-0.25, -0.2) is 0 Å². The molecule has 0 aliphatic heterocycles. The van der Waals surface area contributed by atoms with Gasteiger partial charge in [0.1, 0.15) is 11.2 Å². The molecule has 2 aromatic heterocycles. The SMILES string of the molecule is COc1cc2oc3c(O)c4c(oc5cc(OC)c(OC)cc54)c(O)c3c2cc1OC. The zero-order valence-electron chi connectivity index (χ0n) is 16.7. The summed E-state index contributed by atoms with van der Waals surface area (Å²) in [5, 5.41) is 23.9. The number of phenols is 2. The minimum atomic E-state index is -0.155. The average Bonchev–Trinajstić information content (AvgIpc) is 3.33. The number of hydrogen-bond acceptors (Lipinski definition) is 8. The normalized spacial score (nSPS) is 11.6. The summed E-state index contributed by atoms with van der Waals surface area (Å²) in [4.78, 5) is 0. The molecule has 0 spiro atoms. The number of furan rings is 2. The van der Waals surface area contributed by atoms with Gasteiger partial charge in [-0.1, -0.05) is 0 Å². The Morgan fingerprint density at radius 2 is 0.900 bits per heavy atom. The molecule has 0 bridgehead atoms. The Bertz CT molecular complexity index is 1350. The van der Waals surface area contributed by atoms with Crippen molar-refractivity contribution in [3.05, 3.63) is 24.3 Å². The predicted octanol–water partition coefficient (Wildman–Crippen LogP) is 4.93. The summed E-state index contributed by atoms with van der Waals surface area (Å²) >= 11 is 0. The van der Waals surface area contributed by atoms with Crippen LogP contribution in [-0.4, -0.2) is 38.7 Å². The summed E-state index contributed by atoms with van der Waals surface area (Å²) < 4.78 is 33.1. The first-order valence-electron chi connectivity index (χ1n) is 9.02. The zero-order chi connectivity index (χ0) is 21.2. The van der Waals surface area contributed by atoms with E-state index < -0.39 is 0 Å². The highest BCUT2D eigenvalue weighted by atomic mass is 16.5. The lowest BCUT2D eigenvalue weighted by Gasteiger charge is -2.06. The van der Waals surface area contributed by atoms with Gasteiger partial charge >= 0.3 is 0 Å². The van der Waals surface area contributed by atoms with Gasteiger partial charge in [0, 0.05) is 22.9 Å². The number of fused-ring (bicyclic) bond motifs is 6. The Hall–Kier alpha value is -3.94. The van der Waals surface area contributed by atoms with Gasteiger partial charge in [0.05, 0.1) is 39.2 Å². The van der Waals surface area contributed by atoms with Gasteiger partial charge in [0.2, 0.25) is 0 Å². The van der Waals surface area contributed by atoms with Crippen LogP contribution in [0.1, 0.15) is 0 Å². The maximum atomic E-state index is 11.1. The second kappa shape index (κ2) is 6.28. The van der Waals surface area contributed by atoms with Gasteiger partial charge in [-0.3, -0.25) is 0 Å². The third-order valence-corrected chi connectivity index (χ3v) is 5.29. The van der Waals surface area contributed by atoms with Crippen LogP contribution in [0.25, 0.3) is 43.9 Å². The molecule has 8 nitrogen and oxygen atoms in total. The van der Waals surface area contributed by atoms with E-state index in [0.717, 1.165) is 0 Å². The molecule has 0 unspecified atom stereocenters. The van der Waals surface area contributed by atoms with Crippen molar-refractivity contribution in [2.45, 2.75) is 0 Å². The predicted molar refractivity (Wildman–Crippen MR) is 111 cm³/mol. The van der Waals surface area contributed by atoms with Crippen LogP contribution in [-0.2, 0) is 0 Å². The van der Waals surface area contributed by atoms with Gasteiger partial charge in [-0.05, 0) is 12.1 Å². The van der Waals surface area contributed by atoms with Crippen LogP contribution in [0.4, 0.5) is 0 Å². The molecular weight excluding hydrogens is 392 g/mol.